The third kappa shape index (κ3) is 4.02. The average Bonchev–Trinajstić information content (AvgIpc) is 3.25. The number of carbonyl (C=O) groups excluding carboxylic acids is 2. The van der Waals surface area contributed by atoms with Gasteiger partial charge < -0.3 is 20.3 Å². The van der Waals surface area contributed by atoms with Gasteiger partial charge in [0.25, 0.3) is 5.91 Å². The summed E-state index contributed by atoms with van der Waals surface area (Å²) in [7, 11) is 0. The maximum Gasteiger partial charge on any atom is 0.253 e. The Morgan fingerprint density at radius 1 is 1.46 bits per heavy atom. The van der Waals surface area contributed by atoms with Crippen molar-refractivity contribution in [3.05, 3.63) is 40.2 Å². The first-order valence-corrected chi connectivity index (χ1v) is 10.5. The van der Waals surface area contributed by atoms with Gasteiger partial charge in [-0.2, -0.15) is 0 Å². The summed E-state index contributed by atoms with van der Waals surface area (Å²) in [6.45, 7) is 4.29. The number of aromatic nitrogens is 1. The minimum atomic E-state index is -0.194. The van der Waals surface area contributed by atoms with Gasteiger partial charge in [-0.1, -0.05) is 6.07 Å². The van der Waals surface area contributed by atoms with Crippen LogP contribution >= 0.6 is 11.3 Å². The molecule has 8 heteroatoms. The van der Waals surface area contributed by atoms with E-state index in [9.17, 15) is 9.59 Å². The zero-order valence-electron chi connectivity index (χ0n) is 15.8. The summed E-state index contributed by atoms with van der Waals surface area (Å²) in [6.07, 6.45) is 3.45. The van der Waals surface area contributed by atoms with Gasteiger partial charge in [0.2, 0.25) is 5.91 Å². The molecule has 1 saturated heterocycles. The number of nitrogens with zero attached hydrogens (tertiary/aromatic N) is 2. The Labute approximate surface area is 168 Å². The molecular weight excluding hydrogens is 376 g/mol. The van der Waals surface area contributed by atoms with Crippen LogP contribution in [-0.2, 0) is 9.53 Å². The van der Waals surface area contributed by atoms with Crippen molar-refractivity contribution in [1.29, 1.82) is 0 Å². The van der Waals surface area contributed by atoms with Crippen LogP contribution in [0.15, 0.2) is 29.8 Å². The molecule has 4 heterocycles. The highest BCUT2D eigenvalue weighted by Crippen LogP contribution is 2.31. The highest BCUT2D eigenvalue weighted by Gasteiger charge is 2.29. The van der Waals surface area contributed by atoms with Crippen molar-refractivity contribution in [1.82, 2.24) is 10.3 Å². The molecule has 1 unspecified atom stereocenters. The Morgan fingerprint density at radius 3 is 3.04 bits per heavy atom. The van der Waals surface area contributed by atoms with E-state index in [1.807, 2.05) is 24.4 Å². The summed E-state index contributed by atoms with van der Waals surface area (Å²) in [6, 6.07) is 5.65. The summed E-state index contributed by atoms with van der Waals surface area (Å²) in [5.41, 5.74) is 1.13. The molecule has 2 aliphatic heterocycles. The molecule has 1 fully saturated rings. The van der Waals surface area contributed by atoms with Crippen molar-refractivity contribution in [3.63, 3.8) is 0 Å². The van der Waals surface area contributed by atoms with Gasteiger partial charge in [-0.05, 0) is 43.2 Å². The van der Waals surface area contributed by atoms with E-state index >= 15 is 0 Å². The average molecular weight is 401 g/mol. The third-order valence-electron chi connectivity index (χ3n) is 5.23. The smallest absolute Gasteiger partial charge is 0.253 e. The van der Waals surface area contributed by atoms with E-state index in [2.05, 4.69) is 15.6 Å². The lowest BCUT2D eigenvalue weighted by atomic mass is 9.99. The minimum absolute atomic E-state index is 0.00491. The number of thiophene rings is 1. The summed E-state index contributed by atoms with van der Waals surface area (Å²) < 4.78 is 5.42. The molecule has 2 aliphatic rings. The zero-order valence-corrected chi connectivity index (χ0v) is 16.6. The van der Waals surface area contributed by atoms with Gasteiger partial charge in [0.15, 0.2) is 0 Å². The molecule has 0 radical (unpaired) electrons. The fraction of sp³-hybridized carbons (Fsp3) is 0.450. The number of rotatable bonds is 5. The molecule has 4 rings (SSSR count). The maximum atomic E-state index is 12.7. The van der Waals surface area contributed by atoms with Crippen LogP contribution in [0.25, 0.3) is 0 Å². The van der Waals surface area contributed by atoms with Gasteiger partial charge in [-0.15, -0.1) is 11.3 Å². The van der Waals surface area contributed by atoms with Crippen molar-refractivity contribution < 1.29 is 14.3 Å². The number of carbonyl (C=O) groups is 2. The maximum absolute atomic E-state index is 12.7. The molecule has 2 aromatic rings. The van der Waals surface area contributed by atoms with E-state index in [4.69, 9.17) is 4.74 Å². The molecule has 0 aromatic carbocycles. The second kappa shape index (κ2) is 8.28. The molecule has 1 atom stereocenters. The lowest BCUT2D eigenvalue weighted by Gasteiger charge is -2.33. The highest BCUT2D eigenvalue weighted by atomic mass is 32.1. The van der Waals surface area contributed by atoms with E-state index in [0.29, 0.717) is 29.5 Å². The van der Waals surface area contributed by atoms with Crippen molar-refractivity contribution >= 4 is 34.7 Å². The van der Waals surface area contributed by atoms with Crippen molar-refractivity contribution in [2.45, 2.75) is 25.8 Å². The molecule has 148 valence electrons. The first-order valence-electron chi connectivity index (χ1n) is 9.58. The molecule has 2 N–H and O–H groups in total. The summed E-state index contributed by atoms with van der Waals surface area (Å²) in [5.74, 6) is 0.861. The van der Waals surface area contributed by atoms with E-state index in [0.717, 1.165) is 30.9 Å². The standard InChI is InChI=1S/C20H24N4O3S/c1-13(17-3-2-8-28-17)23-20(26)15-9-16-19(21-10-15)22-11-18(25)24(16)12-14-4-6-27-7-5-14/h2-3,8-10,13-14H,4-7,11-12H2,1H3,(H,21,22)(H,23,26). The molecule has 7 nitrogen and oxygen atoms in total. The molecular formula is C20H24N4O3S. The summed E-state index contributed by atoms with van der Waals surface area (Å²) in [5, 5.41) is 8.05. The Bertz CT molecular complexity index is 849. The van der Waals surface area contributed by atoms with Gasteiger partial charge in [-0.3, -0.25) is 9.59 Å². The summed E-state index contributed by atoms with van der Waals surface area (Å²) >= 11 is 1.61. The molecule has 2 amide bonds. The number of anilines is 2. The molecule has 28 heavy (non-hydrogen) atoms. The molecule has 0 spiro atoms. The highest BCUT2D eigenvalue weighted by molar-refractivity contribution is 7.10. The number of ether oxygens (including phenoxy) is 1. The van der Waals surface area contributed by atoms with E-state index in [-0.39, 0.29) is 24.4 Å². The van der Waals surface area contributed by atoms with Crippen LogP contribution < -0.4 is 15.5 Å². The van der Waals surface area contributed by atoms with E-state index in [1.165, 1.54) is 0 Å². The largest absolute Gasteiger partial charge is 0.381 e. The number of pyridine rings is 1. The van der Waals surface area contributed by atoms with Gasteiger partial charge >= 0.3 is 0 Å². The Morgan fingerprint density at radius 2 is 2.29 bits per heavy atom. The van der Waals surface area contributed by atoms with Crippen LogP contribution in [0, 0.1) is 5.92 Å². The number of hydrogen-bond donors (Lipinski definition) is 2. The normalized spacial score (nSPS) is 18.3. The molecule has 0 bridgehead atoms. The Hall–Kier alpha value is -2.45. The monoisotopic (exact) mass is 400 g/mol. The van der Waals surface area contributed by atoms with Gasteiger partial charge in [0.1, 0.15) is 5.82 Å². The second-order valence-electron chi connectivity index (χ2n) is 7.22. The first-order chi connectivity index (χ1) is 13.6. The van der Waals surface area contributed by atoms with Crippen molar-refractivity contribution in [2.75, 3.05) is 36.5 Å². The number of amides is 2. The lowest BCUT2D eigenvalue weighted by molar-refractivity contribution is -0.117. The van der Waals surface area contributed by atoms with Crippen LogP contribution in [0.5, 0.6) is 0 Å². The van der Waals surface area contributed by atoms with E-state index < -0.39 is 0 Å². The summed E-state index contributed by atoms with van der Waals surface area (Å²) in [4.78, 5) is 32.5. The minimum Gasteiger partial charge on any atom is -0.381 e. The fourth-order valence-corrected chi connectivity index (χ4v) is 4.32. The molecule has 2 aromatic heterocycles. The topological polar surface area (TPSA) is 83.6 Å². The molecule has 0 saturated carbocycles. The van der Waals surface area contributed by atoms with Crippen LogP contribution in [0.2, 0.25) is 0 Å². The van der Waals surface area contributed by atoms with Gasteiger partial charge in [0.05, 0.1) is 23.8 Å². The van der Waals surface area contributed by atoms with Gasteiger partial charge in [-0.25, -0.2) is 4.98 Å². The zero-order chi connectivity index (χ0) is 19.5. The predicted molar refractivity (Wildman–Crippen MR) is 109 cm³/mol. The Balaban J connectivity index is 1.53. The van der Waals surface area contributed by atoms with Crippen molar-refractivity contribution in [2.24, 2.45) is 5.92 Å². The van der Waals surface area contributed by atoms with Gasteiger partial charge in [0, 0.05) is 30.8 Å². The quantitative estimate of drug-likeness (QED) is 0.806. The molecule has 0 aliphatic carbocycles. The number of fused-ring (bicyclic) bond motifs is 1. The van der Waals surface area contributed by atoms with Crippen LogP contribution in [0.1, 0.15) is 41.0 Å². The Kier molecular flexibility index (Phi) is 5.59. The number of hydrogen-bond acceptors (Lipinski definition) is 6. The van der Waals surface area contributed by atoms with Crippen LogP contribution in [-0.4, -0.2) is 43.1 Å². The van der Waals surface area contributed by atoms with Crippen molar-refractivity contribution in [3.8, 4) is 0 Å². The lowest BCUT2D eigenvalue weighted by Crippen LogP contribution is -2.44. The predicted octanol–water partition coefficient (Wildman–Crippen LogP) is 2.82. The first kappa shape index (κ1) is 18.9. The van der Waals surface area contributed by atoms with Crippen LogP contribution in [0.3, 0.4) is 0 Å². The van der Waals surface area contributed by atoms with E-state index in [1.54, 1.807) is 28.5 Å². The second-order valence-corrected chi connectivity index (χ2v) is 8.20. The SMILES string of the molecule is CC(NC(=O)c1cnc2c(c1)N(CC1CCOCC1)C(=O)CN2)c1cccs1. The van der Waals surface area contributed by atoms with Crippen LogP contribution in [0.4, 0.5) is 11.5 Å². The third-order valence-corrected chi connectivity index (χ3v) is 6.28. The number of nitrogens with one attached hydrogen (secondary N) is 2. The fourth-order valence-electron chi connectivity index (χ4n) is 3.58.